The average Bonchev–Trinajstić information content (AvgIpc) is 2.76. The first kappa shape index (κ1) is 23.9. The van der Waals surface area contributed by atoms with Crippen LogP contribution in [0.25, 0.3) is 0 Å². The van der Waals surface area contributed by atoms with Crippen LogP contribution in [0.5, 0.6) is 0 Å². The second kappa shape index (κ2) is 10.3. The third-order valence-electron chi connectivity index (χ3n) is 5.59. The number of likely N-dealkylation sites (tertiary alicyclic amines) is 1. The van der Waals surface area contributed by atoms with Crippen molar-refractivity contribution in [1.29, 1.82) is 0 Å². The first-order valence-electron chi connectivity index (χ1n) is 10.3. The quantitative estimate of drug-likeness (QED) is 0.524. The molecule has 0 aromatic heterocycles. The number of hydrogen-bond acceptors (Lipinski definition) is 4. The van der Waals surface area contributed by atoms with Crippen LogP contribution in [0.2, 0.25) is 0 Å². The molecule has 3 aromatic carbocycles. The van der Waals surface area contributed by atoms with Crippen LogP contribution in [0.1, 0.15) is 35.6 Å². The predicted molar refractivity (Wildman–Crippen MR) is 112 cm³/mol. The zero-order valence-electron chi connectivity index (χ0n) is 18.3. The van der Waals surface area contributed by atoms with Gasteiger partial charge in [-0.15, -0.1) is 10.2 Å². The second-order valence-corrected chi connectivity index (χ2v) is 8.65. The normalized spacial score (nSPS) is 18.0. The van der Waals surface area contributed by atoms with Crippen molar-refractivity contribution < 1.29 is 33.5 Å². The Bertz CT molecular complexity index is 975. The molecule has 0 aliphatic carbocycles. The molecule has 0 saturated carbocycles. The molecule has 1 heterocycles. The van der Waals surface area contributed by atoms with E-state index in [1.807, 2.05) is 0 Å². The number of amidine groups is 1. The molecular weight excluding hydrogens is 428 g/mol. The van der Waals surface area contributed by atoms with E-state index in [4.69, 9.17) is 18.6 Å². The molecule has 0 radical (unpaired) electrons. The lowest BCUT2D eigenvalue weighted by Crippen LogP contribution is -2.68. The molecule has 0 unspecified atom stereocenters. The van der Waals surface area contributed by atoms with Gasteiger partial charge in [-0.25, -0.2) is 18.6 Å². The van der Waals surface area contributed by atoms with Crippen molar-refractivity contribution in [3.8, 4) is 0 Å². The maximum absolute atomic E-state index is 8.49. The average molecular weight is 455 g/mol. The van der Waals surface area contributed by atoms with Crippen molar-refractivity contribution in [2.24, 2.45) is 0 Å². The Hall–Kier alpha value is -2.74. The molecule has 0 spiro atoms. The van der Waals surface area contributed by atoms with Gasteiger partial charge in [0.15, 0.2) is 0 Å². The van der Waals surface area contributed by atoms with E-state index in [9.17, 15) is 0 Å². The maximum Gasteiger partial charge on any atom is 0.259 e. The third-order valence-corrected chi connectivity index (χ3v) is 5.59. The molecular formula is C25H27ClN2O4. The molecule has 0 N–H and O–H groups in total. The molecule has 7 heteroatoms. The molecule has 3 aromatic rings. The Balaban J connectivity index is 0.000000523. The second-order valence-electron chi connectivity index (χ2n) is 7.89. The van der Waals surface area contributed by atoms with Crippen LogP contribution in [0, 0.1) is 10.2 Å². The highest BCUT2D eigenvalue weighted by Gasteiger charge is 2.54. The lowest BCUT2D eigenvalue weighted by atomic mass is 9.78. The highest BCUT2D eigenvalue weighted by molar-refractivity contribution is 5.92. The van der Waals surface area contributed by atoms with Crippen molar-refractivity contribution in [3.05, 3.63) is 108 Å². The Kier molecular flexibility index (Phi) is 7.66. The minimum atomic E-state index is -4.94. The van der Waals surface area contributed by atoms with Crippen LogP contribution in [-0.2, 0) is 0 Å². The van der Waals surface area contributed by atoms with E-state index in [-0.39, 0.29) is 6.04 Å². The topological polar surface area (TPSA) is 98.5 Å². The van der Waals surface area contributed by atoms with Gasteiger partial charge in [0.2, 0.25) is 0 Å². The fourth-order valence-electron chi connectivity index (χ4n) is 4.41. The van der Waals surface area contributed by atoms with Crippen LogP contribution in [0.15, 0.2) is 91.0 Å². The summed E-state index contributed by atoms with van der Waals surface area (Å²) in [6.07, 6.45) is 0. The lowest BCUT2D eigenvalue weighted by molar-refractivity contribution is -2.00. The van der Waals surface area contributed by atoms with E-state index < -0.39 is 10.2 Å². The smallest absolute Gasteiger partial charge is 0.259 e. The fraction of sp³-hybridized carbons (Fsp3) is 0.240. The molecule has 0 bridgehead atoms. The number of benzene rings is 3. The van der Waals surface area contributed by atoms with Gasteiger partial charge >= 0.3 is 0 Å². The van der Waals surface area contributed by atoms with Gasteiger partial charge in [-0.3, -0.25) is 9.48 Å². The minimum absolute atomic E-state index is 0.222. The number of halogens is 1. The van der Waals surface area contributed by atoms with Crippen molar-refractivity contribution in [3.63, 3.8) is 0 Å². The molecule has 1 saturated heterocycles. The lowest BCUT2D eigenvalue weighted by Gasteiger charge is -2.47. The molecule has 1 aliphatic rings. The summed E-state index contributed by atoms with van der Waals surface area (Å²) < 4.78 is 36.3. The van der Waals surface area contributed by atoms with E-state index in [2.05, 4.69) is 121 Å². The Morgan fingerprint density at radius 2 is 1.09 bits per heavy atom. The standard InChI is InChI=1S/C25H27N2.ClHO4/c1-19-23(20-13-7-4-8-14-20)25(26(2)3)27(19)24(21-15-9-5-10-16-21)22-17-11-6-12-18-22;2-1(3,4)5/h4-19,23-24H,1-3H3;(H,2,3,4,5)/q+1;/p-1/t19-,23-;/m1./s1. The summed E-state index contributed by atoms with van der Waals surface area (Å²) in [5.41, 5.74) is 4.06. The summed E-state index contributed by atoms with van der Waals surface area (Å²) in [5.74, 6) is 1.81. The van der Waals surface area contributed by atoms with Gasteiger partial charge in [-0.2, -0.15) is 0 Å². The third kappa shape index (κ3) is 5.73. The molecule has 0 amide bonds. The first-order chi connectivity index (χ1) is 15.2. The number of rotatable bonds is 4. The van der Waals surface area contributed by atoms with E-state index in [0.29, 0.717) is 12.0 Å². The van der Waals surface area contributed by atoms with E-state index in [1.165, 1.54) is 22.5 Å². The summed E-state index contributed by atoms with van der Waals surface area (Å²) >= 11 is 0. The zero-order valence-corrected chi connectivity index (χ0v) is 19.1. The number of nitrogens with zero attached hydrogens (tertiary/aromatic N) is 2. The summed E-state index contributed by atoms with van der Waals surface area (Å²) in [4.78, 5) is 2.59. The van der Waals surface area contributed by atoms with Gasteiger partial charge in [0.25, 0.3) is 5.84 Å². The Morgan fingerprint density at radius 3 is 1.47 bits per heavy atom. The van der Waals surface area contributed by atoms with Crippen LogP contribution in [0.3, 0.4) is 0 Å². The largest absolute Gasteiger partial charge is 0.270 e. The fourth-order valence-corrected chi connectivity index (χ4v) is 4.41. The maximum atomic E-state index is 8.49. The summed E-state index contributed by atoms with van der Waals surface area (Å²) in [6, 6.07) is 33.2. The molecule has 168 valence electrons. The van der Waals surface area contributed by atoms with Gasteiger partial charge in [0, 0.05) is 11.1 Å². The van der Waals surface area contributed by atoms with Gasteiger partial charge in [-0.1, -0.05) is 91.0 Å². The Labute approximate surface area is 191 Å². The first-order valence-corrected chi connectivity index (χ1v) is 11.5. The van der Waals surface area contributed by atoms with Gasteiger partial charge < -0.3 is 0 Å². The Morgan fingerprint density at radius 1 is 0.719 bits per heavy atom. The van der Waals surface area contributed by atoms with Crippen molar-refractivity contribution in [2.45, 2.75) is 24.9 Å². The molecule has 2 atom stereocenters. The minimum Gasteiger partial charge on any atom is -0.270 e. The molecule has 4 rings (SSSR count). The highest BCUT2D eigenvalue weighted by atomic mass is 35.7. The van der Waals surface area contributed by atoms with Crippen molar-refractivity contribution >= 4 is 5.84 Å². The van der Waals surface area contributed by atoms with Crippen molar-refractivity contribution in [1.82, 2.24) is 4.90 Å². The number of hydrogen-bond donors (Lipinski definition) is 0. The molecule has 6 nitrogen and oxygen atoms in total. The van der Waals surface area contributed by atoms with E-state index >= 15 is 0 Å². The molecule has 1 fully saturated rings. The zero-order chi connectivity index (χ0) is 23.3. The van der Waals surface area contributed by atoms with E-state index in [0.717, 1.165) is 0 Å². The van der Waals surface area contributed by atoms with Gasteiger partial charge in [-0.05, 0) is 12.5 Å². The highest BCUT2D eigenvalue weighted by Crippen LogP contribution is 2.44. The van der Waals surface area contributed by atoms with Crippen molar-refractivity contribution in [2.75, 3.05) is 14.1 Å². The summed E-state index contributed by atoms with van der Waals surface area (Å²) in [5, 5.41) is 0. The molecule has 32 heavy (non-hydrogen) atoms. The summed E-state index contributed by atoms with van der Waals surface area (Å²) in [6.45, 7) is 2.35. The summed E-state index contributed by atoms with van der Waals surface area (Å²) in [7, 11) is -0.617. The monoisotopic (exact) mass is 454 g/mol. The van der Waals surface area contributed by atoms with Crippen LogP contribution in [0.4, 0.5) is 0 Å². The van der Waals surface area contributed by atoms with Crippen LogP contribution < -0.4 is 18.6 Å². The van der Waals surface area contributed by atoms with Crippen LogP contribution >= 0.6 is 0 Å². The van der Waals surface area contributed by atoms with Crippen LogP contribution in [-0.4, -0.2) is 35.4 Å². The SMILES string of the molecule is C[C@@H]1[C@H](c2ccccc2)C(=[N+](C)C)N1C(c1ccccc1)c1ccccc1.[O-][Cl+3]([O-])([O-])[O-]. The van der Waals surface area contributed by atoms with Gasteiger partial charge in [0.05, 0.1) is 14.1 Å². The van der Waals surface area contributed by atoms with E-state index in [1.54, 1.807) is 0 Å². The molecule has 1 aliphatic heterocycles. The predicted octanol–water partition coefficient (Wildman–Crippen LogP) is 0.179. The van der Waals surface area contributed by atoms with Gasteiger partial charge in [0.1, 0.15) is 18.0 Å².